The van der Waals surface area contributed by atoms with Crippen molar-refractivity contribution in [3.63, 3.8) is 0 Å². The van der Waals surface area contributed by atoms with Gasteiger partial charge in [0.2, 0.25) is 0 Å². The zero-order chi connectivity index (χ0) is 10.9. The molecule has 0 atom stereocenters. The van der Waals surface area contributed by atoms with Crippen molar-refractivity contribution in [1.82, 2.24) is 0 Å². The van der Waals surface area contributed by atoms with Crippen LogP contribution in [0.3, 0.4) is 0 Å². The van der Waals surface area contributed by atoms with E-state index in [1.165, 1.54) is 12.8 Å². The largest absolute Gasteiger partial charge is 2.00 e. The van der Waals surface area contributed by atoms with Crippen molar-refractivity contribution in [2.45, 2.75) is 40.0 Å². The number of hydrogen-bond acceptors (Lipinski definition) is 0. The molecule has 1 aromatic rings. The Morgan fingerprint density at radius 1 is 1.07 bits per heavy atom. The fourth-order valence-electron chi connectivity index (χ4n) is 0.997. The molecule has 1 aromatic carbocycles. The van der Waals surface area contributed by atoms with Crippen LogP contribution in [0.2, 0.25) is 0 Å². The Bertz CT molecular complexity index is 172. The second-order valence-electron chi connectivity index (χ2n) is 4.60. The maximum atomic E-state index is 3.79. The Balaban J connectivity index is 0. The number of unbranched alkanes of at least 4 members (excludes halogenated alkanes) is 1. The summed E-state index contributed by atoms with van der Waals surface area (Å²) >= 11 is 0. The summed E-state index contributed by atoms with van der Waals surface area (Å²) in [5.74, 6) is 0. The Labute approximate surface area is 112 Å². The Morgan fingerprint density at radius 2 is 1.60 bits per heavy atom. The van der Waals surface area contributed by atoms with Crippen LogP contribution < -0.4 is 0 Å². The van der Waals surface area contributed by atoms with Crippen LogP contribution in [-0.4, -0.2) is 23.1 Å². The molecule has 0 aromatic heterocycles. The smallest absolute Gasteiger partial charge is 0.343 e. The van der Waals surface area contributed by atoms with Crippen LogP contribution in [0.4, 0.5) is 0 Å². The summed E-state index contributed by atoms with van der Waals surface area (Å²) < 4.78 is 0. The minimum absolute atomic E-state index is 0. The molecular formula is C14H22Mg. The van der Waals surface area contributed by atoms with Gasteiger partial charge in [0.15, 0.2) is 0 Å². The van der Waals surface area contributed by atoms with E-state index in [-0.39, 0.29) is 23.1 Å². The van der Waals surface area contributed by atoms with Gasteiger partial charge in [-0.2, -0.15) is 42.8 Å². The van der Waals surface area contributed by atoms with Gasteiger partial charge in [-0.15, -0.1) is 0 Å². The van der Waals surface area contributed by atoms with E-state index >= 15 is 0 Å². The van der Waals surface area contributed by atoms with Gasteiger partial charge < -0.3 is 6.92 Å². The van der Waals surface area contributed by atoms with E-state index in [1.54, 1.807) is 0 Å². The molecule has 0 bridgehead atoms. The quantitative estimate of drug-likeness (QED) is 0.513. The summed E-state index contributed by atoms with van der Waals surface area (Å²) in [7, 11) is 0. The normalized spacial score (nSPS) is 9.60. The van der Waals surface area contributed by atoms with Crippen molar-refractivity contribution < 1.29 is 0 Å². The van der Waals surface area contributed by atoms with Crippen molar-refractivity contribution in [1.29, 1.82) is 0 Å². The maximum Gasteiger partial charge on any atom is 2.00 e. The third-order valence-electron chi connectivity index (χ3n) is 1.78. The molecule has 0 aliphatic rings. The van der Waals surface area contributed by atoms with Gasteiger partial charge in [-0.3, -0.25) is 0 Å². The Hall–Kier alpha value is -0.0138. The fraction of sp³-hybridized carbons (Fsp3) is 0.500. The predicted molar refractivity (Wildman–Crippen MR) is 69.7 cm³/mol. The van der Waals surface area contributed by atoms with Gasteiger partial charge >= 0.3 is 23.1 Å². The Kier molecular flexibility index (Phi) is 12.2. The molecule has 0 amide bonds. The van der Waals surface area contributed by atoms with Crippen molar-refractivity contribution in [3.05, 3.63) is 43.3 Å². The van der Waals surface area contributed by atoms with Gasteiger partial charge in [0.1, 0.15) is 0 Å². The summed E-state index contributed by atoms with van der Waals surface area (Å²) in [6.07, 6.45) is 3.65. The van der Waals surface area contributed by atoms with Gasteiger partial charge in [0.25, 0.3) is 0 Å². The van der Waals surface area contributed by atoms with Crippen LogP contribution >= 0.6 is 0 Å². The van der Waals surface area contributed by atoms with Crippen LogP contribution in [0.25, 0.3) is 0 Å². The summed E-state index contributed by atoms with van der Waals surface area (Å²) in [5, 5.41) is 0. The molecule has 0 aliphatic heterocycles. The molecule has 0 N–H and O–H groups in total. The minimum atomic E-state index is 0. The van der Waals surface area contributed by atoms with E-state index in [0.29, 0.717) is 5.41 Å². The second kappa shape index (κ2) is 10.5. The van der Waals surface area contributed by atoms with Crippen molar-refractivity contribution in [3.8, 4) is 0 Å². The first kappa shape index (κ1) is 17.4. The molecule has 0 fully saturated rings. The minimum Gasteiger partial charge on any atom is -0.343 e. The van der Waals surface area contributed by atoms with E-state index in [0.717, 1.165) is 6.42 Å². The fourth-order valence-corrected chi connectivity index (χ4v) is 0.997. The van der Waals surface area contributed by atoms with Crippen molar-refractivity contribution >= 4 is 23.1 Å². The molecular weight excluding hydrogens is 192 g/mol. The van der Waals surface area contributed by atoms with E-state index in [4.69, 9.17) is 0 Å². The van der Waals surface area contributed by atoms with Crippen LogP contribution in [0.5, 0.6) is 0 Å². The topological polar surface area (TPSA) is 0 Å². The monoisotopic (exact) mass is 214 g/mol. The maximum absolute atomic E-state index is 3.79. The van der Waals surface area contributed by atoms with Gasteiger partial charge in [-0.05, 0) is 5.41 Å². The third-order valence-corrected chi connectivity index (χ3v) is 1.78. The molecule has 1 rings (SSSR count). The molecule has 1 heteroatoms. The van der Waals surface area contributed by atoms with Crippen molar-refractivity contribution in [2.24, 2.45) is 5.41 Å². The first-order chi connectivity index (χ1) is 6.56. The summed E-state index contributed by atoms with van der Waals surface area (Å²) in [6, 6.07) is 12.5. The molecule has 0 nitrogen and oxygen atoms in total. The molecule has 15 heavy (non-hydrogen) atoms. The Morgan fingerprint density at radius 3 is 1.73 bits per heavy atom. The standard InChI is InChI=1S/C8H17.C6H5.Mg/c1-5-6-7-8(2,3)4;1-2-4-6-5-3-1;/h1,5-7H2,2-4H3;1-5H;/q2*-1;+2. The van der Waals surface area contributed by atoms with E-state index in [9.17, 15) is 0 Å². The second-order valence-corrected chi connectivity index (χ2v) is 4.60. The van der Waals surface area contributed by atoms with Crippen LogP contribution in [-0.2, 0) is 0 Å². The average Bonchev–Trinajstić information content (AvgIpc) is 2.17. The first-order valence-corrected chi connectivity index (χ1v) is 5.26. The molecule has 0 unspecified atom stereocenters. The average molecular weight is 215 g/mol. The molecule has 0 aliphatic carbocycles. The van der Waals surface area contributed by atoms with Crippen LogP contribution in [0, 0.1) is 18.4 Å². The van der Waals surface area contributed by atoms with Crippen molar-refractivity contribution in [2.75, 3.05) is 0 Å². The zero-order valence-corrected chi connectivity index (χ0v) is 11.8. The van der Waals surface area contributed by atoms with E-state index in [1.807, 2.05) is 30.3 Å². The molecule has 0 radical (unpaired) electrons. The van der Waals surface area contributed by atoms with E-state index < -0.39 is 0 Å². The van der Waals surface area contributed by atoms with Gasteiger partial charge in [0, 0.05) is 0 Å². The summed E-state index contributed by atoms with van der Waals surface area (Å²) in [6.45, 7) is 10.6. The molecule has 0 saturated carbocycles. The predicted octanol–water partition coefficient (Wildman–Crippen LogP) is 4.14. The van der Waals surface area contributed by atoms with Gasteiger partial charge in [0.05, 0.1) is 0 Å². The van der Waals surface area contributed by atoms with Crippen LogP contribution in [0.1, 0.15) is 40.0 Å². The molecule has 0 spiro atoms. The molecule has 0 saturated heterocycles. The molecule has 0 heterocycles. The SMILES string of the molecule is [CH2-]CCCC(C)(C)C.[Mg+2].[c-]1ccccc1. The first-order valence-electron chi connectivity index (χ1n) is 5.26. The number of rotatable bonds is 2. The summed E-state index contributed by atoms with van der Waals surface area (Å²) in [5.41, 5.74) is 0.512. The number of benzene rings is 1. The van der Waals surface area contributed by atoms with Gasteiger partial charge in [-0.1, -0.05) is 33.6 Å². The zero-order valence-electron chi connectivity index (χ0n) is 10.4. The van der Waals surface area contributed by atoms with Crippen LogP contribution in [0.15, 0.2) is 30.3 Å². The van der Waals surface area contributed by atoms with Gasteiger partial charge in [-0.25, -0.2) is 0 Å². The third kappa shape index (κ3) is 16.6. The van der Waals surface area contributed by atoms with E-state index in [2.05, 4.69) is 33.8 Å². The summed E-state index contributed by atoms with van der Waals surface area (Å²) in [4.78, 5) is 0. The molecule has 80 valence electrons. The number of hydrogen-bond donors (Lipinski definition) is 0.